The Bertz CT molecular complexity index is 3530. The minimum Gasteiger partial charge on any atom is -0.399 e. The van der Waals surface area contributed by atoms with E-state index >= 15 is 0 Å². The van der Waals surface area contributed by atoms with Crippen molar-refractivity contribution < 1.29 is 59.7 Å². The van der Waals surface area contributed by atoms with Gasteiger partial charge in [-0.15, -0.1) is 0 Å². The van der Waals surface area contributed by atoms with Crippen LogP contribution in [0.4, 0.5) is 18.9 Å². The molecule has 6 N–H and O–H groups in total. The maximum absolute atomic E-state index is 13.8. The number of nitrogens with zero attached hydrogens (tertiary/aromatic N) is 4. The number of aromatic nitrogens is 2. The monoisotopic (exact) mass is 1150 g/mol. The van der Waals surface area contributed by atoms with Crippen LogP contribution in [0.2, 0.25) is 0 Å². The lowest BCUT2D eigenvalue weighted by Crippen LogP contribution is -2.42. The predicted octanol–water partition coefficient (Wildman–Crippen LogP) is 3.74. The van der Waals surface area contributed by atoms with Crippen molar-refractivity contribution in [2.24, 2.45) is 0 Å². The smallest absolute Gasteiger partial charge is 0.399 e. The normalized spacial score (nSPS) is 11.9. The Labute approximate surface area is 466 Å². The molecule has 26 heteroatoms. The number of rotatable bonds is 26. The van der Waals surface area contributed by atoms with Gasteiger partial charge in [-0.3, -0.25) is 37.9 Å². The van der Waals surface area contributed by atoms with Gasteiger partial charge in [0.1, 0.15) is 11.1 Å². The van der Waals surface area contributed by atoms with E-state index in [0.29, 0.717) is 27.5 Å². The maximum atomic E-state index is 13.8. The van der Waals surface area contributed by atoms with E-state index in [0.717, 1.165) is 28.8 Å². The topological polar surface area (TPSA) is 305 Å². The van der Waals surface area contributed by atoms with Gasteiger partial charge in [-0.25, -0.2) is 8.42 Å². The molecule has 2 atom stereocenters. The molecule has 0 aliphatic heterocycles. The van der Waals surface area contributed by atoms with Gasteiger partial charge in [-0.05, 0) is 111 Å². The molecule has 81 heavy (non-hydrogen) atoms. The fourth-order valence-electron chi connectivity index (χ4n) is 7.67. The van der Waals surface area contributed by atoms with Gasteiger partial charge in [0.2, 0.25) is 0 Å². The van der Waals surface area contributed by atoms with Gasteiger partial charge in [0, 0.05) is 58.7 Å². The van der Waals surface area contributed by atoms with Gasteiger partial charge in [-0.1, -0.05) is 12.1 Å². The van der Waals surface area contributed by atoms with E-state index < -0.39 is 73.6 Å². The highest BCUT2D eigenvalue weighted by Crippen LogP contribution is 2.31. The van der Waals surface area contributed by atoms with E-state index in [1.807, 2.05) is 12.1 Å². The number of benzene rings is 4. The number of halogens is 3. The van der Waals surface area contributed by atoms with Crippen LogP contribution >= 0.6 is 0 Å². The van der Waals surface area contributed by atoms with Crippen LogP contribution in [0.15, 0.2) is 138 Å². The standard InChI is InChI=1S/C55H54F3N9O12S2/c1-35-47(80(74)43-13-9-37(33-59)10-14-43)31-45(53(72)66(35)41-7-3-5-39(29-41)55(56,57)58)49(68)62-17-21-76-25-27-78-23-19-64-51(70)52(71)65-20-24-79-28-26-77-22-18-63-50(69)46-32-48(81(75)44-15-11-38(34-60)12-16-44)36(2)67(54(46)73)42-8-4-6-40(61)30-42/h3-16,29-32H,17-28,61H2,1-2H3,(H,62,68)(H,63,69)(H,64,70)(H,65,71). The zero-order valence-electron chi connectivity index (χ0n) is 43.6. The van der Waals surface area contributed by atoms with Crippen molar-refractivity contribution in [2.45, 2.75) is 39.6 Å². The first-order valence-electron chi connectivity index (χ1n) is 24.7. The molecule has 0 bridgehead atoms. The summed E-state index contributed by atoms with van der Waals surface area (Å²) in [4.78, 5) is 79.4. The van der Waals surface area contributed by atoms with Crippen molar-refractivity contribution >= 4 is 50.9 Å². The second-order valence-electron chi connectivity index (χ2n) is 17.2. The van der Waals surface area contributed by atoms with Crippen LogP contribution in [-0.2, 0) is 56.3 Å². The molecule has 21 nitrogen and oxygen atoms in total. The largest absolute Gasteiger partial charge is 0.416 e. The first kappa shape index (κ1) is 61.6. The Balaban J connectivity index is 0.847. The van der Waals surface area contributed by atoms with Crippen molar-refractivity contribution in [3.8, 4) is 23.5 Å². The summed E-state index contributed by atoms with van der Waals surface area (Å²) in [6, 6.07) is 28.6. The molecule has 6 aromatic rings. The minimum atomic E-state index is -4.74. The number of nitriles is 2. The van der Waals surface area contributed by atoms with Crippen LogP contribution in [-0.4, -0.2) is 120 Å². The first-order valence-corrected chi connectivity index (χ1v) is 27.0. The third kappa shape index (κ3) is 16.7. The first-order chi connectivity index (χ1) is 38.8. The number of amides is 4. The molecule has 2 aromatic heterocycles. The molecule has 424 valence electrons. The fourth-order valence-corrected chi connectivity index (χ4v) is 10.1. The number of pyridine rings is 2. The number of hydrogen-bond donors (Lipinski definition) is 5. The van der Waals surface area contributed by atoms with Crippen LogP contribution in [0.5, 0.6) is 0 Å². The van der Waals surface area contributed by atoms with E-state index in [9.17, 15) is 60.9 Å². The quantitative estimate of drug-likeness (QED) is 0.0294. The fraction of sp³-hybridized carbons (Fsp3) is 0.273. The highest BCUT2D eigenvalue weighted by atomic mass is 32.2. The molecule has 2 heterocycles. The number of carbonyl (C=O) groups is 4. The Kier molecular flexibility index (Phi) is 22.5. The van der Waals surface area contributed by atoms with Crippen LogP contribution in [0.25, 0.3) is 11.4 Å². The van der Waals surface area contributed by atoms with Crippen LogP contribution < -0.4 is 38.1 Å². The van der Waals surface area contributed by atoms with Crippen molar-refractivity contribution in [3.63, 3.8) is 0 Å². The molecule has 0 saturated heterocycles. The molecule has 0 saturated carbocycles. The SMILES string of the molecule is Cc1c(S(=O)c2ccc(C#N)cc2)cc(C(=O)NCCOCCOCCNC(=O)C(=O)NCCOCCOCCNC(=O)c2cc(S(=O)c3ccc(C#N)cc3)c(C)n(-c3cccc(C(F)(F)F)c3)c2=O)c(=O)n1-c1cccc(N)c1. The van der Waals surface area contributed by atoms with Gasteiger partial charge >= 0.3 is 18.0 Å². The summed E-state index contributed by atoms with van der Waals surface area (Å²) in [6.07, 6.45) is -4.74. The second-order valence-corrected chi connectivity index (χ2v) is 20.1. The highest BCUT2D eigenvalue weighted by molar-refractivity contribution is 7.85. The molecule has 4 aromatic carbocycles. The van der Waals surface area contributed by atoms with E-state index in [-0.39, 0.29) is 116 Å². The number of nitrogens with one attached hydrogen (secondary N) is 4. The molecule has 0 radical (unpaired) electrons. The Hall–Kier alpha value is -8.63. The van der Waals surface area contributed by atoms with Crippen molar-refractivity contribution in [1.29, 1.82) is 10.5 Å². The number of alkyl halides is 3. The molecule has 2 unspecified atom stereocenters. The minimum absolute atomic E-state index is 0.00291. The maximum Gasteiger partial charge on any atom is 0.416 e. The predicted molar refractivity (Wildman–Crippen MR) is 289 cm³/mol. The lowest BCUT2D eigenvalue weighted by molar-refractivity contribution is -0.139. The summed E-state index contributed by atoms with van der Waals surface area (Å²) in [5.74, 6) is -3.46. The zero-order valence-corrected chi connectivity index (χ0v) is 45.2. The van der Waals surface area contributed by atoms with Crippen molar-refractivity contribution in [2.75, 3.05) is 84.8 Å². The molecule has 0 aliphatic rings. The van der Waals surface area contributed by atoms with Crippen LogP contribution in [0.3, 0.4) is 0 Å². The van der Waals surface area contributed by atoms with Crippen LogP contribution in [0.1, 0.15) is 48.8 Å². The highest BCUT2D eigenvalue weighted by Gasteiger charge is 2.31. The summed E-state index contributed by atoms with van der Waals surface area (Å²) < 4.78 is 92.5. The van der Waals surface area contributed by atoms with E-state index in [2.05, 4.69) is 21.3 Å². The Morgan fingerprint density at radius 3 is 1.28 bits per heavy atom. The van der Waals surface area contributed by atoms with Gasteiger partial charge in [0.05, 0.1) is 119 Å². The third-order valence-electron chi connectivity index (χ3n) is 11.7. The Morgan fingerprint density at radius 1 is 0.543 bits per heavy atom. The van der Waals surface area contributed by atoms with E-state index in [4.69, 9.17) is 24.7 Å². The number of nitrogen functional groups attached to an aromatic ring is 1. The zero-order chi connectivity index (χ0) is 58.6. The molecule has 0 spiro atoms. The average Bonchev–Trinajstić information content (AvgIpc) is 3.59. The van der Waals surface area contributed by atoms with Gasteiger partial charge in [-0.2, -0.15) is 23.7 Å². The van der Waals surface area contributed by atoms with Crippen LogP contribution in [0, 0.1) is 36.5 Å². The number of ether oxygens (including phenoxy) is 4. The molecule has 0 fully saturated rings. The lowest BCUT2D eigenvalue weighted by Gasteiger charge is -2.18. The number of anilines is 1. The molecule has 4 amide bonds. The summed E-state index contributed by atoms with van der Waals surface area (Å²) in [7, 11) is -3.87. The number of nitrogens with two attached hydrogens (primary N) is 1. The molecular formula is C55H54F3N9O12S2. The second kappa shape index (κ2) is 29.5. The van der Waals surface area contributed by atoms with Crippen molar-refractivity contribution in [3.05, 3.63) is 169 Å². The summed E-state index contributed by atoms with van der Waals surface area (Å²) in [5.41, 5.74) is 4.09. The number of hydrogen-bond acceptors (Lipinski definition) is 15. The van der Waals surface area contributed by atoms with E-state index in [1.165, 1.54) is 72.2 Å². The third-order valence-corrected chi connectivity index (χ3v) is 14.7. The van der Waals surface area contributed by atoms with Gasteiger partial charge in [0.15, 0.2) is 0 Å². The molecule has 6 rings (SSSR count). The molecular weight excluding hydrogens is 1100 g/mol. The van der Waals surface area contributed by atoms with Gasteiger partial charge < -0.3 is 45.9 Å². The summed E-state index contributed by atoms with van der Waals surface area (Å²) in [6.45, 7) is 3.26. The average molecular weight is 1150 g/mol. The van der Waals surface area contributed by atoms with Gasteiger partial charge in [0.25, 0.3) is 22.9 Å². The summed E-state index contributed by atoms with van der Waals surface area (Å²) in [5, 5.41) is 28.3. The van der Waals surface area contributed by atoms with Crippen molar-refractivity contribution in [1.82, 2.24) is 30.4 Å². The number of carbonyl (C=O) groups excluding carboxylic acids is 4. The lowest BCUT2D eigenvalue weighted by atomic mass is 10.1. The Morgan fingerprint density at radius 2 is 0.914 bits per heavy atom. The molecule has 0 aliphatic carbocycles. The van der Waals surface area contributed by atoms with E-state index in [1.54, 1.807) is 31.2 Å². The summed E-state index contributed by atoms with van der Waals surface area (Å²) >= 11 is 0.